The summed E-state index contributed by atoms with van der Waals surface area (Å²) in [6.45, 7) is -1.29. The zero-order chi connectivity index (χ0) is 19.6. The fraction of sp³-hybridized carbons (Fsp3) is 0.368. The number of carbonyl (C=O) groups excluding carboxylic acids is 1. The molecule has 1 aliphatic rings. The predicted octanol–water partition coefficient (Wildman–Crippen LogP) is 3.48. The maximum absolute atomic E-state index is 14.6. The van der Waals surface area contributed by atoms with Crippen LogP contribution in [0.5, 0.6) is 5.88 Å². The van der Waals surface area contributed by atoms with E-state index in [2.05, 4.69) is 9.72 Å². The van der Waals surface area contributed by atoms with Gasteiger partial charge in [0.15, 0.2) is 0 Å². The lowest BCUT2D eigenvalue weighted by Crippen LogP contribution is -2.30. The second kappa shape index (κ2) is 7.96. The zero-order valence-electron chi connectivity index (χ0n) is 14.7. The van der Waals surface area contributed by atoms with Crippen LogP contribution in [0.25, 0.3) is 11.1 Å². The van der Waals surface area contributed by atoms with Crippen molar-refractivity contribution in [3.05, 3.63) is 46.9 Å². The first-order valence-electron chi connectivity index (χ1n) is 8.58. The number of benzene rings is 1. The number of aryl methyl sites for hydroxylation is 1. The van der Waals surface area contributed by atoms with Gasteiger partial charge in [0.2, 0.25) is 5.88 Å². The number of primary amides is 1. The number of hydrogen-bond acceptors (Lipinski definition) is 4. The molecule has 144 valence electrons. The van der Waals surface area contributed by atoms with Crippen LogP contribution in [0.1, 0.15) is 35.0 Å². The van der Waals surface area contributed by atoms with Crippen LogP contribution in [0.3, 0.4) is 0 Å². The van der Waals surface area contributed by atoms with Crippen molar-refractivity contribution < 1.29 is 27.4 Å². The number of carbonyl (C=O) groups is 1. The molecule has 2 heterocycles. The molecule has 1 amide bonds. The highest BCUT2D eigenvalue weighted by Gasteiger charge is 2.27. The topological polar surface area (TPSA) is 74.4 Å². The molecule has 0 radical (unpaired) electrons. The number of hydrogen-bond donors (Lipinski definition) is 1. The fourth-order valence-electron chi connectivity index (χ4n) is 3.07. The molecule has 27 heavy (non-hydrogen) atoms. The average Bonchev–Trinajstić information content (AvgIpc) is 2.65. The highest BCUT2D eigenvalue weighted by Crippen LogP contribution is 2.36. The summed E-state index contributed by atoms with van der Waals surface area (Å²) in [5.74, 6) is -1.13. The van der Waals surface area contributed by atoms with Gasteiger partial charge in [0.05, 0.1) is 6.61 Å². The van der Waals surface area contributed by atoms with Crippen LogP contribution in [0, 0.1) is 5.82 Å². The molecule has 0 saturated heterocycles. The van der Waals surface area contributed by atoms with E-state index in [1.54, 1.807) is 12.1 Å². The molecule has 2 N–H and O–H groups in total. The van der Waals surface area contributed by atoms with Crippen molar-refractivity contribution >= 4 is 5.91 Å². The first-order valence-corrected chi connectivity index (χ1v) is 8.58. The minimum atomic E-state index is -2.90. The van der Waals surface area contributed by atoms with E-state index in [0.29, 0.717) is 36.0 Å². The van der Waals surface area contributed by atoms with Crippen LogP contribution in [-0.2, 0) is 17.6 Å². The van der Waals surface area contributed by atoms with Crippen LogP contribution in [-0.4, -0.2) is 30.2 Å². The Hall–Kier alpha value is -2.61. The Labute approximate surface area is 154 Å². The number of alkyl halides is 2. The lowest BCUT2D eigenvalue weighted by molar-refractivity contribution is -0.146. The number of amides is 1. The molecule has 0 fully saturated rings. The molecule has 1 aromatic heterocycles. The van der Waals surface area contributed by atoms with Crippen molar-refractivity contribution in [1.82, 2.24) is 4.98 Å². The van der Waals surface area contributed by atoms with Gasteiger partial charge >= 0.3 is 6.61 Å². The van der Waals surface area contributed by atoms with Gasteiger partial charge < -0.3 is 15.2 Å². The Morgan fingerprint density at radius 1 is 1.37 bits per heavy atom. The molecule has 8 heteroatoms. The number of pyridine rings is 1. The van der Waals surface area contributed by atoms with E-state index in [-0.39, 0.29) is 18.2 Å². The van der Waals surface area contributed by atoms with E-state index in [0.717, 1.165) is 5.56 Å². The van der Waals surface area contributed by atoms with E-state index in [1.165, 1.54) is 12.1 Å². The Balaban J connectivity index is 2.02. The van der Waals surface area contributed by atoms with E-state index in [4.69, 9.17) is 10.5 Å². The summed E-state index contributed by atoms with van der Waals surface area (Å²) in [6.07, 6.45) is 0.872. The van der Waals surface area contributed by atoms with Gasteiger partial charge in [0, 0.05) is 11.1 Å². The molecule has 1 aliphatic heterocycles. The highest BCUT2D eigenvalue weighted by molar-refractivity contribution is 5.93. The average molecular weight is 380 g/mol. The smallest absolute Gasteiger partial charge is 0.345 e. The van der Waals surface area contributed by atoms with Crippen molar-refractivity contribution in [2.45, 2.75) is 38.9 Å². The van der Waals surface area contributed by atoms with Gasteiger partial charge in [-0.15, -0.1) is 0 Å². The number of ether oxygens (including phenoxy) is 2. The molecule has 1 atom stereocenters. The Kier molecular flexibility index (Phi) is 5.65. The minimum absolute atomic E-state index is 0.0850. The van der Waals surface area contributed by atoms with Crippen LogP contribution in [0.4, 0.5) is 13.2 Å². The van der Waals surface area contributed by atoms with Crippen molar-refractivity contribution in [3.8, 4) is 17.0 Å². The molecular formula is C19H19F3N2O3. The standard InChI is InChI=1S/C19H19F3N2O3/c1-2-10-3-5-12(15(20)7-10)14-8-16(17(23)25)24-18-13(14)6-4-11(27-18)9-26-19(21)22/h3,5,7-8,11,19H,2,4,6,9H2,1H3,(H2,23,25)/t11-/m0/s1. The summed E-state index contributed by atoms with van der Waals surface area (Å²) >= 11 is 0. The van der Waals surface area contributed by atoms with Gasteiger partial charge in [-0.2, -0.15) is 8.78 Å². The van der Waals surface area contributed by atoms with Gasteiger partial charge in [-0.3, -0.25) is 4.79 Å². The molecule has 0 unspecified atom stereocenters. The number of nitrogens with two attached hydrogens (primary N) is 1. The molecule has 0 bridgehead atoms. The number of nitrogens with zero attached hydrogens (tertiary/aromatic N) is 1. The minimum Gasteiger partial charge on any atom is -0.472 e. The lowest BCUT2D eigenvalue weighted by atomic mass is 9.93. The first-order chi connectivity index (χ1) is 12.9. The largest absolute Gasteiger partial charge is 0.472 e. The lowest BCUT2D eigenvalue weighted by Gasteiger charge is -2.27. The number of rotatable bonds is 6. The monoisotopic (exact) mass is 380 g/mol. The summed E-state index contributed by atoms with van der Waals surface area (Å²) in [7, 11) is 0. The van der Waals surface area contributed by atoms with Crippen molar-refractivity contribution in [2.75, 3.05) is 6.61 Å². The normalized spacial score (nSPS) is 16.1. The Bertz CT molecular complexity index is 858. The maximum atomic E-state index is 14.6. The Morgan fingerprint density at radius 2 is 2.15 bits per heavy atom. The molecule has 1 aromatic carbocycles. The van der Waals surface area contributed by atoms with Crippen molar-refractivity contribution in [1.29, 1.82) is 0 Å². The van der Waals surface area contributed by atoms with Crippen LogP contribution in [0.2, 0.25) is 0 Å². The van der Waals surface area contributed by atoms with Gasteiger partial charge in [-0.25, -0.2) is 9.37 Å². The number of fused-ring (bicyclic) bond motifs is 1. The fourth-order valence-corrected chi connectivity index (χ4v) is 3.07. The predicted molar refractivity (Wildman–Crippen MR) is 92.2 cm³/mol. The molecule has 0 aliphatic carbocycles. The van der Waals surface area contributed by atoms with Gasteiger partial charge in [-0.05, 0) is 42.5 Å². The summed E-state index contributed by atoms with van der Waals surface area (Å²) in [4.78, 5) is 15.7. The molecule has 0 spiro atoms. The van der Waals surface area contributed by atoms with Crippen LogP contribution in [0.15, 0.2) is 24.3 Å². The number of aromatic nitrogens is 1. The zero-order valence-corrected chi connectivity index (χ0v) is 14.7. The van der Waals surface area contributed by atoms with E-state index < -0.39 is 24.4 Å². The van der Waals surface area contributed by atoms with Gasteiger partial charge in [0.1, 0.15) is 17.6 Å². The third kappa shape index (κ3) is 4.21. The van der Waals surface area contributed by atoms with Crippen molar-refractivity contribution in [2.24, 2.45) is 5.73 Å². The summed E-state index contributed by atoms with van der Waals surface area (Å²) in [5.41, 5.74) is 7.47. The highest BCUT2D eigenvalue weighted by atomic mass is 19.3. The Morgan fingerprint density at radius 3 is 2.78 bits per heavy atom. The summed E-state index contributed by atoms with van der Waals surface area (Å²) in [5, 5.41) is 0. The third-order valence-electron chi connectivity index (χ3n) is 4.47. The molecule has 0 saturated carbocycles. The second-order valence-corrected chi connectivity index (χ2v) is 6.24. The molecule has 5 nitrogen and oxygen atoms in total. The van der Waals surface area contributed by atoms with E-state index in [9.17, 15) is 18.0 Å². The van der Waals surface area contributed by atoms with Crippen LogP contribution >= 0.6 is 0 Å². The summed E-state index contributed by atoms with van der Waals surface area (Å²) in [6, 6.07) is 6.32. The van der Waals surface area contributed by atoms with Gasteiger partial charge in [-0.1, -0.05) is 19.1 Å². The second-order valence-electron chi connectivity index (χ2n) is 6.24. The summed E-state index contributed by atoms with van der Waals surface area (Å²) < 4.78 is 49.0. The quantitative estimate of drug-likeness (QED) is 0.833. The molecule has 2 aromatic rings. The first kappa shape index (κ1) is 19.2. The third-order valence-corrected chi connectivity index (χ3v) is 4.47. The van der Waals surface area contributed by atoms with Crippen molar-refractivity contribution in [3.63, 3.8) is 0 Å². The van der Waals surface area contributed by atoms with E-state index >= 15 is 0 Å². The van der Waals surface area contributed by atoms with Crippen LogP contribution < -0.4 is 10.5 Å². The SMILES string of the molecule is CCc1ccc(-c2cc(C(N)=O)nc3c2CC[C@@H](COC(F)F)O3)c(F)c1. The van der Waals surface area contributed by atoms with E-state index in [1.807, 2.05) is 6.92 Å². The maximum Gasteiger partial charge on any atom is 0.345 e. The van der Waals surface area contributed by atoms with Gasteiger partial charge in [0.25, 0.3) is 5.91 Å². The molecule has 3 rings (SSSR count). The number of halogens is 3. The molecular weight excluding hydrogens is 361 g/mol.